The molecule has 0 N–H and O–H groups in total. The zero-order valence-electron chi connectivity index (χ0n) is 8.01. The molecule has 0 radical (unpaired) electrons. The lowest BCUT2D eigenvalue weighted by atomic mass is 10.2. The summed E-state index contributed by atoms with van der Waals surface area (Å²) in [5.74, 6) is 1.81. The molecule has 1 aromatic rings. The van der Waals surface area contributed by atoms with Gasteiger partial charge in [0.25, 0.3) is 0 Å². The van der Waals surface area contributed by atoms with E-state index >= 15 is 0 Å². The van der Waals surface area contributed by atoms with Crippen LogP contribution in [0.15, 0.2) is 41.9 Å². The fourth-order valence-corrected chi connectivity index (χ4v) is 1.93. The van der Waals surface area contributed by atoms with Crippen molar-refractivity contribution in [1.82, 2.24) is 0 Å². The number of rotatable bonds is 4. The Labute approximate surface area is 90.6 Å². The van der Waals surface area contributed by atoms with E-state index in [1.165, 1.54) is 0 Å². The highest BCUT2D eigenvalue weighted by molar-refractivity contribution is 8.04. The Morgan fingerprint density at radius 2 is 2.14 bits per heavy atom. The number of benzene rings is 1. The van der Waals surface area contributed by atoms with Crippen LogP contribution in [0.5, 0.6) is 0 Å². The van der Waals surface area contributed by atoms with Crippen LogP contribution in [-0.4, -0.2) is 6.61 Å². The molecule has 0 aliphatic heterocycles. The predicted molar refractivity (Wildman–Crippen MR) is 64.9 cm³/mol. The molecule has 1 aromatic carbocycles. The summed E-state index contributed by atoms with van der Waals surface area (Å²) in [4.78, 5) is 0. The van der Waals surface area contributed by atoms with Gasteiger partial charge in [0.15, 0.2) is 0 Å². The van der Waals surface area contributed by atoms with Gasteiger partial charge < -0.3 is 0 Å². The molecule has 72 valence electrons. The average molecular weight is 223 g/mol. The summed E-state index contributed by atoms with van der Waals surface area (Å²) >= 11 is 5.06. The van der Waals surface area contributed by atoms with Crippen molar-refractivity contribution < 1.29 is 4.52 Å². The molecule has 1 rings (SSSR count). The van der Waals surface area contributed by atoms with E-state index in [0.29, 0.717) is 6.61 Å². The van der Waals surface area contributed by atoms with Crippen molar-refractivity contribution in [3.8, 4) is 0 Å². The van der Waals surface area contributed by atoms with Gasteiger partial charge in [-0.15, -0.1) is 0 Å². The smallest absolute Gasteiger partial charge is 0.164 e. The minimum Gasteiger partial charge on any atom is -0.164 e. The molecule has 0 heterocycles. The van der Waals surface area contributed by atoms with E-state index in [4.69, 9.17) is 16.3 Å². The Hall–Kier alpha value is -0.780. The van der Waals surface area contributed by atoms with Crippen LogP contribution in [0.25, 0.3) is 6.08 Å². The maximum atomic E-state index is 5.22. The van der Waals surface area contributed by atoms with Crippen molar-refractivity contribution in [3.05, 3.63) is 47.4 Å². The topological polar surface area (TPSA) is 9.23 Å². The van der Waals surface area contributed by atoms with E-state index in [1.807, 2.05) is 43.3 Å². The number of hydrogen-bond acceptors (Lipinski definition) is 2. The highest BCUT2D eigenvalue weighted by Crippen LogP contribution is 2.22. The zero-order chi connectivity index (χ0) is 10.2. The van der Waals surface area contributed by atoms with Crippen LogP contribution in [0.1, 0.15) is 12.5 Å². The molecule has 0 fully saturated rings. The van der Waals surface area contributed by atoms with E-state index < -0.39 is 6.92 Å². The zero-order valence-corrected chi connectivity index (χ0v) is 9.72. The lowest BCUT2D eigenvalue weighted by Gasteiger charge is -1.85. The minimum atomic E-state index is -0.861. The molecular weight excluding hydrogens is 211 g/mol. The van der Waals surface area contributed by atoms with Crippen molar-refractivity contribution in [1.29, 1.82) is 0 Å². The second-order valence-electron chi connectivity index (χ2n) is 2.55. The van der Waals surface area contributed by atoms with Crippen molar-refractivity contribution >= 4 is 24.8 Å². The van der Waals surface area contributed by atoms with Crippen LogP contribution in [0.2, 0.25) is 0 Å². The summed E-state index contributed by atoms with van der Waals surface area (Å²) in [5, 5.41) is 0. The maximum absolute atomic E-state index is 5.22. The fraction of sp³-hybridized carbons (Fsp3) is 0.182. The lowest BCUT2D eigenvalue weighted by molar-refractivity contribution is 0.392. The first-order valence-electron chi connectivity index (χ1n) is 4.40. The molecule has 14 heavy (non-hydrogen) atoms. The van der Waals surface area contributed by atoms with Gasteiger partial charge in [0.05, 0.1) is 6.61 Å². The quantitative estimate of drug-likeness (QED) is 0.568. The highest BCUT2D eigenvalue weighted by atomic mass is 32.4. The Bertz CT molecular complexity index is 353. The Kier molecular flexibility index (Phi) is 5.36. The lowest BCUT2D eigenvalue weighted by Crippen LogP contribution is -1.72. The monoisotopic (exact) mass is 223 g/mol. The molecule has 0 amide bonds. The third-order valence-corrected chi connectivity index (χ3v) is 2.99. The highest BCUT2D eigenvalue weighted by Gasteiger charge is 2.01. The molecule has 0 saturated heterocycles. The first kappa shape index (κ1) is 11.3. The van der Waals surface area contributed by atoms with E-state index in [1.54, 1.807) is 5.82 Å². The van der Waals surface area contributed by atoms with Gasteiger partial charge in [-0.1, -0.05) is 36.1 Å². The first-order chi connectivity index (χ1) is 6.83. The SMILES string of the molecule is CCO[P+](=S)C=C=Cc1ccccc1. The van der Waals surface area contributed by atoms with Crippen LogP contribution in [0.3, 0.4) is 0 Å². The second-order valence-corrected chi connectivity index (χ2v) is 4.72. The molecule has 1 atom stereocenters. The summed E-state index contributed by atoms with van der Waals surface area (Å²) in [7, 11) is 0. The Morgan fingerprint density at radius 3 is 2.79 bits per heavy atom. The molecular formula is C11H12OPS+. The molecule has 0 spiro atoms. The molecule has 3 heteroatoms. The van der Waals surface area contributed by atoms with E-state index in [0.717, 1.165) is 5.56 Å². The van der Waals surface area contributed by atoms with E-state index in [-0.39, 0.29) is 0 Å². The third-order valence-electron chi connectivity index (χ3n) is 1.49. The van der Waals surface area contributed by atoms with Crippen LogP contribution in [0, 0.1) is 0 Å². The average Bonchev–Trinajstić information content (AvgIpc) is 2.20. The summed E-state index contributed by atoms with van der Waals surface area (Å²) in [6.07, 6.45) is 1.90. The molecule has 0 aromatic heterocycles. The van der Waals surface area contributed by atoms with Crippen LogP contribution in [0.4, 0.5) is 0 Å². The summed E-state index contributed by atoms with van der Waals surface area (Å²) < 4.78 is 5.22. The predicted octanol–water partition coefficient (Wildman–Crippen LogP) is 3.71. The van der Waals surface area contributed by atoms with Crippen molar-refractivity contribution in [2.24, 2.45) is 0 Å². The van der Waals surface area contributed by atoms with E-state index in [2.05, 4.69) is 5.73 Å². The van der Waals surface area contributed by atoms with Gasteiger partial charge in [0.2, 0.25) is 17.6 Å². The van der Waals surface area contributed by atoms with Crippen LogP contribution in [-0.2, 0) is 16.3 Å². The van der Waals surface area contributed by atoms with Crippen molar-refractivity contribution in [2.75, 3.05) is 6.61 Å². The minimum absolute atomic E-state index is 0.665. The summed E-state index contributed by atoms with van der Waals surface area (Å²) in [6.45, 7) is 1.75. The van der Waals surface area contributed by atoms with Gasteiger partial charge in [-0.25, -0.2) is 0 Å². The largest absolute Gasteiger partial charge is 0.378 e. The molecule has 1 unspecified atom stereocenters. The third kappa shape index (κ3) is 4.45. The van der Waals surface area contributed by atoms with Crippen molar-refractivity contribution in [2.45, 2.75) is 6.92 Å². The van der Waals surface area contributed by atoms with Gasteiger partial charge >= 0.3 is 6.92 Å². The standard InChI is InChI=1S/C11H12OPS/c1-2-12-13(14)10-6-9-11-7-4-3-5-8-11/h3-5,7-10H,2H2,1H3/q+1. The molecule has 0 saturated carbocycles. The van der Waals surface area contributed by atoms with Gasteiger partial charge in [0, 0.05) is 0 Å². The van der Waals surface area contributed by atoms with E-state index in [9.17, 15) is 0 Å². The van der Waals surface area contributed by atoms with Crippen LogP contribution < -0.4 is 0 Å². The molecule has 1 nitrogen and oxygen atoms in total. The first-order valence-corrected chi connectivity index (χ1v) is 6.74. The molecule has 0 bridgehead atoms. The van der Waals surface area contributed by atoms with Crippen LogP contribution >= 0.6 is 6.92 Å². The summed E-state index contributed by atoms with van der Waals surface area (Å²) in [6, 6.07) is 10.0. The Balaban J connectivity index is 2.60. The maximum Gasteiger partial charge on any atom is 0.378 e. The molecule has 0 aliphatic rings. The number of hydrogen-bond donors (Lipinski definition) is 0. The van der Waals surface area contributed by atoms with Gasteiger partial charge in [-0.3, -0.25) is 0 Å². The second kappa shape index (κ2) is 6.64. The van der Waals surface area contributed by atoms with Gasteiger partial charge in [0.1, 0.15) is 0 Å². The van der Waals surface area contributed by atoms with Crippen molar-refractivity contribution in [3.63, 3.8) is 0 Å². The summed E-state index contributed by atoms with van der Waals surface area (Å²) in [5.41, 5.74) is 4.16. The fourth-order valence-electron chi connectivity index (χ4n) is 0.908. The Morgan fingerprint density at radius 1 is 1.43 bits per heavy atom. The van der Waals surface area contributed by atoms with Gasteiger partial charge in [-0.05, 0) is 18.6 Å². The molecule has 0 aliphatic carbocycles. The van der Waals surface area contributed by atoms with Gasteiger partial charge in [-0.2, -0.15) is 4.52 Å². The normalized spacial score (nSPS) is 10.2.